The van der Waals surface area contributed by atoms with Crippen LogP contribution in [0.15, 0.2) is 0 Å². The van der Waals surface area contributed by atoms with Gasteiger partial charge in [0.2, 0.25) is 5.91 Å². The summed E-state index contributed by atoms with van der Waals surface area (Å²) < 4.78 is 0. The summed E-state index contributed by atoms with van der Waals surface area (Å²) in [5.41, 5.74) is 4.37. The second-order valence-electron chi connectivity index (χ2n) is 3.61. The highest BCUT2D eigenvalue weighted by Gasteiger charge is 2.17. The van der Waals surface area contributed by atoms with Crippen molar-refractivity contribution in [1.82, 2.24) is 10.9 Å². The average Bonchev–Trinajstić information content (AvgIpc) is 2.00. The molecule has 0 aromatic rings. The van der Waals surface area contributed by atoms with E-state index in [9.17, 15) is 9.59 Å². The fourth-order valence-corrected chi connectivity index (χ4v) is 0.396. The van der Waals surface area contributed by atoms with Crippen LogP contribution in [0, 0.1) is 5.92 Å². The molecule has 0 saturated heterocycles. The van der Waals surface area contributed by atoms with Gasteiger partial charge in [-0.1, -0.05) is 13.8 Å². The molecule has 0 aliphatic heterocycles. The molecule has 0 aromatic heterocycles. The van der Waals surface area contributed by atoms with Crippen molar-refractivity contribution in [1.29, 1.82) is 0 Å². The Bertz CT molecular complexity index is 176. The highest BCUT2D eigenvalue weighted by atomic mass is 16.2. The summed E-state index contributed by atoms with van der Waals surface area (Å²) in [6.07, 6.45) is 0.744. The van der Waals surface area contributed by atoms with E-state index in [0.29, 0.717) is 0 Å². The standard InChI is InChI=1S/C8H16N2O2/c1-6(2)7(12)9-10-8(3,4)5-11/h5-6,10H,1-4H3,(H,9,12). The monoisotopic (exact) mass is 172 g/mol. The molecule has 0 spiro atoms. The van der Waals surface area contributed by atoms with E-state index in [2.05, 4.69) is 10.9 Å². The fourth-order valence-electron chi connectivity index (χ4n) is 0.396. The third kappa shape index (κ3) is 4.08. The number of amides is 1. The lowest BCUT2D eigenvalue weighted by atomic mass is 10.1. The molecule has 0 rings (SSSR count). The molecular weight excluding hydrogens is 156 g/mol. The van der Waals surface area contributed by atoms with Gasteiger partial charge in [-0.25, -0.2) is 5.43 Å². The first-order valence-electron chi connectivity index (χ1n) is 3.92. The van der Waals surface area contributed by atoms with Gasteiger partial charge in [0.05, 0.1) is 5.54 Å². The second-order valence-corrected chi connectivity index (χ2v) is 3.61. The Morgan fingerprint density at radius 1 is 1.42 bits per heavy atom. The lowest BCUT2D eigenvalue weighted by Gasteiger charge is -2.20. The van der Waals surface area contributed by atoms with Crippen molar-refractivity contribution in [3.05, 3.63) is 0 Å². The molecule has 4 heteroatoms. The second kappa shape index (κ2) is 4.21. The van der Waals surface area contributed by atoms with Gasteiger partial charge in [-0.05, 0) is 13.8 Å². The van der Waals surface area contributed by atoms with E-state index in [1.165, 1.54) is 0 Å². The predicted octanol–water partition coefficient (Wildman–Crippen LogP) is 0.241. The third-order valence-corrected chi connectivity index (χ3v) is 1.33. The van der Waals surface area contributed by atoms with E-state index in [0.717, 1.165) is 6.29 Å². The van der Waals surface area contributed by atoms with E-state index in [1.807, 2.05) is 0 Å². The van der Waals surface area contributed by atoms with Gasteiger partial charge in [0.1, 0.15) is 6.29 Å². The Morgan fingerprint density at radius 3 is 2.25 bits per heavy atom. The zero-order valence-corrected chi connectivity index (χ0v) is 7.97. The summed E-state index contributed by atoms with van der Waals surface area (Å²) in [5.74, 6) is -0.204. The van der Waals surface area contributed by atoms with Crippen molar-refractivity contribution in [2.45, 2.75) is 33.2 Å². The molecule has 0 bridgehead atoms. The van der Waals surface area contributed by atoms with Gasteiger partial charge in [0.15, 0.2) is 0 Å². The van der Waals surface area contributed by atoms with Crippen LogP contribution in [0.1, 0.15) is 27.7 Å². The maximum absolute atomic E-state index is 11.0. The van der Waals surface area contributed by atoms with Crippen molar-refractivity contribution >= 4 is 12.2 Å². The SMILES string of the molecule is CC(C)C(=O)NNC(C)(C)C=O. The van der Waals surface area contributed by atoms with Gasteiger partial charge in [-0.15, -0.1) is 0 Å². The molecule has 2 N–H and O–H groups in total. The Hall–Kier alpha value is -0.900. The first kappa shape index (κ1) is 11.1. The number of carbonyl (C=O) groups excluding carboxylic acids is 2. The number of hydrogen-bond donors (Lipinski definition) is 2. The minimum absolute atomic E-state index is 0.0834. The minimum Gasteiger partial charge on any atom is -0.301 e. The van der Waals surface area contributed by atoms with Gasteiger partial charge in [-0.2, -0.15) is 0 Å². The predicted molar refractivity (Wildman–Crippen MR) is 46.3 cm³/mol. The molecule has 0 unspecified atom stereocenters. The van der Waals surface area contributed by atoms with Gasteiger partial charge >= 0.3 is 0 Å². The maximum atomic E-state index is 11.0. The molecule has 1 amide bonds. The van der Waals surface area contributed by atoms with Crippen LogP contribution in [-0.2, 0) is 9.59 Å². The third-order valence-electron chi connectivity index (χ3n) is 1.33. The Labute approximate surface area is 72.7 Å². The first-order valence-corrected chi connectivity index (χ1v) is 3.92. The highest BCUT2D eigenvalue weighted by Crippen LogP contribution is 1.95. The van der Waals surface area contributed by atoms with Crippen LogP contribution >= 0.6 is 0 Å². The molecule has 0 aromatic carbocycles. The summed E-state index contributed by atoms with van der Waals surface area (Å²) in [5, 5.41) is 0. The summed E-state index contributed by atoms with van der Waals surface area (Å²) in [6, 6.07) is 0. The van der Waals surface area contributed by atoms with Crippen LogP contribution in [0.3, 0.4) is 0 Å². The minimum atomic E-state index is -0.704. The quantitative estimate of drug-likeness (QED) is 0.472. The zero-order chi connectivity index (χ0) is 9.78. The molecule has 0 atom stereocenters. The Balaban J connectivity index is 3.83. The van der Waals surface area contributed by atoms with Crippen molar-refractivity contribution in [2.24, 2.45) is 5.92 Å². The van der Waals surface area contributed by atoms with Crippen LogP contribution in [0.4, 0.5) is 0 Å². The first-order chi connectivity index (χ1) is 5.39. The van der Waals surface area contributed by atoms with Gasteiger partial charge in [0, 0.05) is 5.92 Å². The highest BCUT2D eigenvalue weighted by molar-refractivity contribution is 5.77. The average molecular weight is 172 g/mol. The largest absolute Gasteiger partial charge is 0.301 e. The molecule has 0 aliphatic carbocycles. The van der Waals surface area contributed by atoms with Crippen molar-refractivity contribution in [2.75, 3.05) is 0 Å². The van der Waals surface area contributed by atoms with Crippen LogP contribution in [0.25, 0.3) is 0 Å². The summed E-state index contributed by atoms with van der Waals surface area (Å²) >= 11 is 0. The van der Waals surface area contributed by atoms with Crippen LogP contribution in [0.5, 0.6) is 0 Å². The topological polar surface area (TPSA) is 58.2 Å². The van der Waals surface area contributed by atoms with E-state index in [4.69, 9.17) is 0 Å². The lowest BCUT2D eigenvalue weighted by molar-refractivity contribution is -0.126. The van der Waals surface area contributed by atoms with Gasteiger partial charge < -0.3 is 4.79 Å². The summed E-state index contributed by atoms with van der Waals surface area (Å²) in [6.45, 7) is 6.93. The van der Waals surface area contributed by atoms with Crippen LogP contribution < -0.4 is 10.9 Å². The van der Waals surface area contributed by atoms with E-state index >= 15 is 0 Å². The van der Waals surface area contributed by atoms with E-state index in [-0.39, 0.29) is 11.8 Å². The van der Waals surface area contributed by atoms with Crippen molar-refractivity contribution < 1.29 is 9.59 Å². The molecule has 0 saturated carbocycles. The van der Waals surface area contributed by atoms with E-state index < -0.39 is 5.54 Å². The zero-order valence-electron chi connectivity index (χ0n) is 7.97. The van der Waals surface area contributed by atoms with Crippen LogP contribution in [-0.4, -0.2) is 17.7 Å². The van der Waals surface area contributed by atoms with Gasteiger partial charge in [0.25, 0.3) is 0 Å². The lowest BCUT2D eigenvalue weighted by Crippen LogP contribution is -2.52. The summed E-state index contributed by atoms with van der Waals surface area (Å²) in [7, 11) is 0. The smallest absolute Gasteiger partial charge is 0.236 e. The number of carbonyl (C=O) groups is 2. The molecule has 4 nitrogen and oxygen atoms in total. The molecule has 0 heterocycles. The molecule has 0 fully saturated rings. The number of nitrogens with one attached hydrogen (secondary N) is 2. The van der Waals surface area contributed by atoms with Gasteiger partial charge in [-0.3, -0.25) is 10.2 Å². The molecule has 0 aliphatic rings. The van der Waals surface area contributed by atoms with Crippen molar-refractivity contribution in [3.63, 3.8) is 0 Å². The Kier molecular flexibility index (Phi) is 3.89. The summed E-state index contributed by atoms with van der Waals surface area (Å²) in [4.78, 5) is 21.4. The number of hydrogen-bond acceptors (Lipinski definition) is 3. The number of hydrazine groups is 1. The maximum Gasteiger partial charge on any atom is 0.236 e. The fraction of sp³-hybridized carbons (Fsp3) is 0.750. The molecule has 0 radical (unpaired) electrons. The van der Waals surface area contributed by atoms with E-state index in [1.54, 1.807) is 27.7 Å². The normalized spacial score (nSPS) is 11.4. The van der Waals surface area contributed by atoms with Crippen LogP contribution in [0.2, 0.25) is 0 Å². The molecule has 70 valence electrons. The van der Waals surface area contributed by atoms with Crippen molar-refractivity contribution in [3.8, 4) is 0 Å². The Morgan fingerprint density at radius 2 is 1.92 bits per heavy atom. The molecular formula is C8H16N2O2. The number of rotatable bonds is 4. The molecule has 12 heavy (non-hydrogen) atoms. The number of aldehydes is 1.